The molecule has 1 heterocycles. The van der Waals surface area contributed by atoms with Crippen molar-refractivity contribution in [3.05, 3.63) is 52.3 Å². The topological polar surface area (TPSA) is 62.1 Å². The van der Waals surface area contributed by atoms with Crippen molar-refractivity contribution < 1.29 is 19.0 Å². The Kier molecular flexibility index (Phi) is 5.93. The number of fused-ring (bicyclic) bond motifs is 1. The van der Waals surface area contributed by atoms with Gasteiger partial charge in [0, 0.05) is 25.3 Å². The summed E-state index contributed by atoms with van der Waals surface area (Å²) in [5.74, 6) is 0.752. The van der Waals surface area contributed by atoms with Crippen LogP contribution in [0.3, 0.4) is 0 Å². The second-order valence-electron chi connectivity index (χ2n) is 5.97. The van der Waals surface area contributed by atoms with Gasteiger partial charge in [0.2, 0.25) is 0 Å². The summed E-state index contributed by atoms with van der Waals surface area (Å²) in [5, 5.41) is 0. The standard InChI is InChI=1S/C20H22N2O4S/c1-13-6-5-7-17-18(13)22(8-9-24-2)20(27-17)21-19(23)14-10-15(25-3)12-16(11-14)26-4/h5-7,10-12H,8-9H2,1-4H3. The normalized spacial score (nSPS) is 11.8. The fourth-order valence-corrected chi connectivity index (χ4v) is 4.00. The van der Waals surface area contributed by atoms with E-state index < -0.39 is 0 Å². The van der Waals surface area contributed by atoms with Crippen LogP contribution in [0.4, 0.5) is 0 Å². The molecule has 2 aromatic carbocycles. The first-order chi connectivity index (χ1) is 13.1. The number of aryl methyl sites for hydroxylation is 1. The van der Waals surface area contributed by atoms with Crippen LogP contribution in [0, 0.1) is 6.92 Å². The van der Waals surface area contributed by atoms with E-state index in [1.165, 1.54) is 11.3 Å². The lowest BCUT2D eigenvalue weighted by molar-refractivity contribution is 0.0996. The van der Waals surface area contributed by atoms with Crippen LogP contribution in [0.15, 0.2) is 41.4 Å². The van der Waals surface area contributed by atoms with Gasteiger partial charge in [0.05, 0.1) is 31.0 Å². The lowest BCUT2D eigenvalue weighted by Crippen LogP contribution is -2.19. The SMILES string of the molecule is COCCn1c(=NC(=O)c2cc(OC)cc(OC)c2)sc2cccc(C)c21. The molecule has 0 aliphatic heterocycles. The van der Waals surface area contributed by atoms with Gasteiger partial charge >= 0.3 is 0 Å². The number of benzene rings is 2. The molecule has 0 spiro atoms. The van der Waals surface area contributed by atoms with Crippen molar-refractivity contribution in [2.45, 2.75) is 13.5 Å². The van der Waals surface area contributed by atoms with Gasteiger partial charge in [0.15, 0.2) is 4.80 Å². The fourth-order valence-electron chi connectivity index (χ4n) is 2.86. The molecule has 3 aromatic rings. The molecule has 0 radical (unpaired) electrons. The summed E-state index contributed by atoms with van der Waals surface area (Å²) in [7, 11) is 4.76. The molecular formula is C20H22N2O4S. The summed E-state index contributed by atoms with van der Waals surface area (Å²) >= 11 is 1.49. The van der Waals surface area contributed by atoms with Crippen molar-refractivity contribution in [1.82, 2.24) is 4.57 Å². The number of ether oxygens (including phenoxy) is 3. The van der Waals surface area contributed by atoms with E-state index in [2.05, 4.69) is 18.0 Å². The third kappa shape index (κ3) is 4.04. The highest BCUT2D eigenvalue weighted by Crippen LogP contribution is 2.24. The Morgan fingerprint density at radius 2 is 1.81 bits per heavy atom. The third-order valence-electron chi connectivity index (χ3n) is 4.22. The minimum atomic E-state index is -0.345. The summed E-state index contributed by atoms with van der Waals surface area (Å²) < 4.78 is 18.8. The maximum Gasteiger partial charge on any atom is 0.279 e. The largest absolute Gasteiger partial charge is 0.497 e. The lowest BCUT2D eigenvalue weighted by Gasteiger charge is -2.07. The maximum atomic E-state index is 12.8. The number of rotatable bonds is 6. The van der Waals surface area contributed by atoms with Gasteiger partial charge in [-0.05, 0) is 30.7 Å². The van der Waals surface area contributed by atoms with E-state index >= 15 is 0 Å². The molecule has 0 unspecified atom stereocenters. The Morgan fingerprint density at radius 1 is 1.11 bits per heavy atom. The number of hydrogen-bond donors (Lipinski definition) is 0. The molecule has 7 heteroatoms. The number of carbonyl (C=O) groups is 1. The maximum absolute atomic E-state index is 12.8. The predicted octanol–water partition coefficient (Wildman–Crippen LogP) is 3.42. The van der Waals surface area contributed by atoms with Crippen molar-refractivity contribution in [3.63, 3.8) is 0 Å². The highest BCUT2D eigenvalue weighted by Gasteiger charge is 2.13. The molecule has 0 aliphatic rings. The predicted molar refractivity (Wildman–Crippen MR) is 106 cm³/mol. The number of amides is 1. The van der Waals surface area contributed by atoms with Crippen LogP contribution in [0.2, 0.25) is 0 Å². The Balaban J connectivity index is 2.12. The fraction of sp³-hybridized carbons (Fsp3) is 0.300. The smallest absolute Gasteiger partial charge is 0.279 e. The van der Waals surface area contributed by atoms with Crippen molar-refractivity contribution in [1.29, 1.82) is 0 Å². The van der Waals surface area contributed by atoms with Crippen LogP contribution in [-0.2, 0) is 11.3 Å². The number of aromatic nitrogens is 1. The van der Waals surface area contributed by atoms with Gasteiger partial charge in [0.25, 0.3) is 5.91 Å². The van der Waals surface area contributed by atoms with E-state index in [-0.39, 0.29) is 5.91 Å². The van der Waals surface area contributed by atoms with Crippen LogP contribution in [0.5, 0.6) is 11.5 Å². The minimum Gasteiger partial charge on any atom is -0.497 e. The number of carbonyl (C=O) groups excluding carboxylic acids is 1. The summed E-state index contributed by atoms with van der Waals surface area (Å²) in [4.78, 5) is 17.9. The summed E-state index contributed by atoms with van der Waals surface area (Å²) in [6, 6.07) is 11.1. The van der Waals surface area contributed by atoms with Gasteiger partial charge in [-0.3, -0.25) is 4.79 Å². The molecular weight excluding hydrogens is 364 g/mol. The number of nitrogens with zero attached hydrogens (tertiary/aromatic N) is 2. The molecule has 0 saturated heterocycles. The van der Waals surface area contributed by atoms with Gasteiger partial charge < -0.3 is 18.8 Å². The van der Waals surface area contributed by atoms with E-state index in [0.29, 0.717) is 35.0 Å². The average molecular weight is 386 g/mol. The van der Waals surface area contributed by atoms with Crippen molar-refractivity contribution in [3.8, 4) is 11.5 Å². The monoisotopic (exact) mass is 386 g/mol. The molecule has 6 nitrogen and oxygen atoms in total. The van der Waals surface area contributed by atoms with Gasteiger partial charge in [-0.2, -0.15) is 4.99 Å². The van der Waals surface area contributed by atoms with Gasteiger partial charge in [0.1, 0.15) is 11.5 Å². The van der Waals surface area contributed by atoms with E-state index in [4.69, 9.17) is 14.2 Å². The van der Waals surface area contributed by atoms with Crippen LogP contribution >= 0.6 is 11.3 Å². The molecule has 142 valence electrons. The first-order valence-electron chi connectivity index (χ1n) is 8.47. The molecule has 1 aromatic heterocycles. The molecule has 3 rings (SSSR count). The van der Waals surface area contributed by atoms with Crippen LogP contribution in [-0.4, -0.2) is 38.4 Å². The Bertz CT molecular complexity index is 1010. The second kappa shape index (κ2) is 8.37. The number of hydrogen-bond acceptors (Lipinski definition) is 5. The van der Waals surface area contributed by atoms with Crippen molar-refractivity contribution in [2.75, 3.05) is 27.9 Å². The molecule has 0 bridgehead atoms. The van der Waals surface area contributed by atoms with Crippen molar-refractivity contribution in [2.24, 2.45) is 4.99 Å². The van der Waals surface area contributed by atoms with Crippen molar-refractivity contribution >= 4 is 27.5 Å². The van der Waals surface area contributed by atoms with E-state index in [1.807, 2.05) is 16.7 Å². The second-order valence-corrected chi connectivity index (χ2v) is 6.98. The highest BCUT2D eigenvalue weighted by molar-refractivity contribution is 7.16. The zero-order valence-corrected chi connectivity index (χ0v) is 16.6. The molecule has 0 aliphatic carbocycles. The van der Waals surface area contributed by atoms with E-state index in [9.17, 15) is 4.79 Å². The van der Waals surface area contributed by atoms with Gasteiger partial charge in [-0.25, -0.2) is 0 Å². The van der Waals surface area contributed by atoms with Crippen LogP contribution in [0.1, 0.15) is 15.9 Å². The Morgan fingerprint density at radius 3 is 2.44 bits per heavy atom. The third-order valence-corrected chi connectivity index (χ3v) is 5.26. The molecule has 27 heavy (non-hydrogen) atoms. The summed E-state index contributed by atoms with van der Waals surface area (Å²) in [5.41, 5.74) is 2.63. The Hall–Kier alpha value is -2.64. The van der Waals surface area contributed by atoms with E-state index in [0.717, 1.165) is 15.8 Å². The molecule has 0 fully saturated rings. The molecule has 0 saturated carbocycles. The first kappa shape index (κ1) is 19.1. The summed E-state index contributed by atoms with van der Waals surface area (Å²) in [6.45, 7) is 3.21. The zero-order valence-electron chi connectivity index (χ0n) is 15.8. The van der Waals surface area contributed by atoms with Crippen LogP contribution < -0.4 is 14.3 Å². The molecule has 0 atom stereocenters. The first-order valence-corrected chi connectivity index (χ1v) is 9.29. The average Bonchev–Trinajstić information content (AvgIpc) is 3.04. The van der Waals surface area contributed by atoms with E-state index in [1.54, 1.807) is 39.5 Å². The van der Waals surface area contributed by atoms with Gasteiger partial charge in [-0.15, -0.1) is 0 Å². The van der Waals surface area contributed by atoms with Gasteiger partial charge in [-0.1, -0.05) is 23.5 Å². The lowest BCUT2D eigenvalue weighted by atomic mass is 10.2. The number of methoxy groups -OCH3 is 3. The summed E-state index contributed by atoms with van der Waals surface area (Å²) in [6.07, 6.45) is 0. The number of para-hydroxylation sites is 1. The zero-order chi connectivity index (χ0) is 19.4. The minimum absolute atomic E-state index is 0.345. The Labute approximate surface area is 161 Å². The highest BCUT2D eigenvalue weighted by atomic mass is 32.1. The molecule has 0 N–H and O–H groups in total. The number of thiazole rings is 1. The quantitative estimate of drug-likeness (QED) is 0.651. The molecule has 1 amide bonds. The van der Waals surface area contributed by atoms with Crippen LogP contribution in [0.25, 0.3) is 10.2 Å².